The minimum atomic E-state index is 1.13. The summed E-state index contributed by atoms with van der Waals surface area (Å²) in [6.07, 6.45) is 6.43. The molecule has 0 radical (unpaired) electrons. The Balaban J connectivity index is 1.72. The van der Waals surface area contributed by atoms with Gasteiger partial charge in [0.15, 0.2) is 0 Å². The Kier molecular flexibility index (Phi) is 5.99. The first-order valence-electron chi connectivity index (χ1n) is 9.80. The summed E-state index contributed by atoms with van der Waals surface area (Å²) in [6.45, 7) is 0. The van der Waals surface area contributed by atoms with Crippen LogP contribution in [-0.2, 0) is 0 Å². The Morgan fingerprint density at radius 1 is 0.483 bits per heavy atom. The van der Waals surface area contributed by atoms with Crippen LogP contribution in [0.25, 0.3) is 5.57 Å². The number of nitrogens with zero attached hydrogens (tertiary/aromatic N) is 1. The molecule has 4 aromatic carbocycles. The molecule has 0 spiro atoms. The van der Waals surface area contributed by atoms with Crippen LogP contribution in [0.3, 0.4) is 0 Å². The van der Waals surface area contributed by atoms with Crippen molar-refractivity contribution in [2.75, 3.05) is 4.90 Å². The highest BCUT2D eigenvalue weighted by Crippen LogP contribution is 2.26. The van der Waals surface area contributed by atoms with Gasteiger partial charge in [0.05, 0.1) is 0 Å². The third-order valence-electron chi connectivity index (χ3n) is 4.74. The summed E-state index contributed by atoms with van der Waals surface area (Å²) in [4.78, 5) is 2.20. The van der Waals surface area contributed by atoms with E-state index in [-0.39, 0.29) is 0 Å². The molecule has 0 unspecified atom stereocenters. The van der Waals surface area contributed by atoms with Crippen LogP contribution in [0.4, 0.5) is 11.4 Å². The minimum Gasteiger partial charge on any atom is -0.317 e. The van der Waals surface area contributed by atoms with Crippen molar-refractivity contribution in [3.05, 3.63) is 151 Å². The van der Waals surface area contributed by atoms with Crippen molar-refractivity contribution in [2.45, 2.75) is 0 Å². The van der Waals surface area contributed by atoms with Crippen LogP contribution in [0.15, 0.2) is 140 Å². The highest BCUT2D eigenvalue weighted by atomic mass is 15.1. The van der Waals surface area contributed by atoms with Gasteiger partial charge in [-0.1, -0.05) is 103 Å². The standard InChI is InChI=1S/C28H23N/c1-5-14-24(15-6-1)28(25-16-7-2-8-17-25)22-13-23-29(26-18-9-3-10-19-26)27-20-11-4-12-21-27/h1-23H. The van der Waals surface area contributed by atoms with Crippen LogP contribution in [0.2, 0.25) is 0 Å². The highest BCUT2D eigenvalue weighted by molar-refractivity contribution is 5.81. The summed E-state index contributed by atoms with van der Waals surface area (Å²) >= 11 is 0. The van der Waals surface area contributed by atoms with Crippen LogP contribution in [0.1, 0.15) is 11.1 Å². The number of benzene rings is 4. The fourth-order valence-electron chi connectivity index (χ4n) is 3.32. The minimum absolute atomic E-state index is 1.13. The van der Waals surface area contributed by atoms with Gasteiger partial charge in [-0.2, -0.15) is 0 Å². The Bertz CT molecular complexity index is 985. The molecule has 1 heteroatoms. The lowest BCUT2D eigenvalue weighted by Crippen LogP contribution is -2.07. The number of hydrogen-bond donors (Lipinski definition) is 0. The van der Waals surface area contributed by atoms with Gasteiger partial charge in [0.2, 0.25) is 0 Å². The predicted molar refractivity (Wildman–Crippen MR) is 124 cm³/mol. The molecule has 0 saturated carbocycles. The molecule has 4 aromatic rings. The van der Waals surface area contributed by atoms with E-state index in [1.54, 1.807) is 0 Å². The molecule has 0 aliphatic heterocycles. The Hall–Kier alpha value is -3.84. The van der Waals surface area contributed by atoms with Crippen molar-refractivity contribution >= 4 is 16.9 Å². The van der Waals surface area contributed by atoms with Crippen molar-refractivity contribution in [3.8, 4) is 0 Å². The molecule has 1 nitrogen and oxygen atoms in total. The second-order valence-corrected chi connectivity index (χ2v) is 6.70. The van der Waals surface area contributed by atoms with E-state index in [9.17, 15) is 0 Å². The molecule has 29 heavy (non-hydrogen) atoms. The fourth-order valence-corrected chi connectivity index (χ4v) is 3.32. The quantitative estimate of drug-likeness (QED) is 0.317. The predicted octanol–water partition coefficient (Wildman–Crippen LogP) is 7.47. The summed E-state index contributed by atoms with van der Waals surface area (Å²) in [5.74, 6) is 0. The average molecular weight is 373 g/mol. The maximum atomic E-state index is 2.20. The molecule has 0 aliphatic rings. The summed E-state index contributed by atoms with van der Waals surface area (Å²) in [6, 6.07) is 41.8. The zero-order valence-electron chi connectivity index (χ0n) is 16.2. The van der Waals surface area contributed by atoms with Crippen molar-refractivity contribution < 1.29 is 0 Å². The normalized spacial score (nSPS) is 10.6. The van der Waals surface area contributed by atoms with Gasteiger partial charge >= 0.3 is 0 Å². The molecular formula is C28H23N. The van der Waals surface area contributed by atoms with Crippen LogP contribution < -0.4 is 4.90 Å². The van der Waals surface area contributed by atoms with Crippen molar-refractivity contribution in [3.63, 3.8) is 0 Å². The smallest absolute Gasteiger partial charge is 0.0455 e. The number of anilines is 2. The van der Waals surface area contributed by atoms with Crippen LogP contribution in [-0.4, -0.2) is 0 Å². The summed E-state index contributed by atoms with van der Waals surface area (Å²) in [7, 11) is 0. The first-order valence-corrected chi connectivity index (χ1v) is 9.80. The van der Waals surface area contributed by atoms with Crippen molar-refractivity contribution in [2.24, 2.45) is 0 Å². The summed E-state index contributed by atoms with van der Waals surface area (Å²) in [5, 5.41) is 0. The number of hydrogen-bond acceptors (Lipinski definition) is 1. The van der Waals surface area contributed by atoms with Gasteiger partial charge in [0, 0.05) is 17.6 Å². The molecule has 0 aliphatic carbocycles. The van der Waals surface area contributed by atoms with Gasteiger partial charge in [0.1, 0.15) is 0 Å². The summed E-state index contributed by atoms with van der Waals surface area (Å²) < 4.78 is 0. The first-order chi connectivity index (χ1) is 14.4. The molecule has 4 rings (SSSR count). The second-order valence-electron chi connectivity index (χ2n) is 6.70. The van der Waals surface area contributed by atoms with Crippen LogP contribution in [0.5, 0.6) is 0 Å². The number of para-hydroxylation sites is 2. The lowest BCUT2D eigenvalue weighted by molar-refractivity contribution is 1.28. The Morgan fingerprint density at radius 2 is 0.862 bits per heavy atom. The van der Waals surface area contributed by atoms with Crippen LogP contribution >= 0.6 is 0 Å². The third kappa shape index (κ3) is 4.72. The Morgan fingerprint density at radius 3 is 1.28 bits per heavy atom. The van der Waals surface area contributed by atoms with Gasteiger partial charge in [-0.25, -0.2) is 0 Å². The summed E-state index contributed by atoms with van der Waals surface area (Å²) in [5.41, 5.74) is 5.86. The van der Waals surface area contributed by atoms with Gasteiger partial charge in [-0.3, -0.25) is 0 Å². The van der Waals surface area contributed by atoms with E-state index in [4.69, 9.17) is 0 Å². The molecule has 0 aromatic heterocycles. The molecule has 0 saturated heterocycles. The highest BCUT2D eigenvalue weighted by Gasteiger charge is 2.06. The lowest BCUT2D eigenvalue weighted by Gasteiger charge is -2.20. The van der Waals surface area contributed by atoms with Crippen LogP contribution in [0, 0.1) is 0 Å². The maximum absolute atomic E-state index is 2.20. The van der Waals surface area contributed by atoms with E-state index < -0.39 is 0 Å². The zero-order chi connectivity index (χ0) is 19.7. The van der Waals surface area contributed by atoms with Gasteiger partial charge in [0.25, 0.3) is 0 Å². The topological polar surface area (TPSA) is 3.24 Å². The van der Waals surface area contributed by atoms with Crippen molar-refractivity contribution in [1.82, 2.24) is 0 Å². The first kappa shape index (κ1) is 18.5. The number of rotatable bonds is 6. The van der Waals surface area contributed by atoms with E-state index in [1.807, 2.05) is 12.1 Å². The number of allylic oxidation sites excluding steroid dienone is 2. The molecule has 0 N–H and O–H groups in total. The second kappa shape index (κ2) is 9.38. The van der Waals surface area contributed by atoms with Gasteiger partial charge < -0.3 is 4.90 Å². The monoisotopic (exact) mass is 373 g/mol. The van der Waals surface area contributed by atoms with E-state index in [1.165, 1.54) is 16.7 Å². The SMILES string of the molecule is C(=CN(c1ccccc1)c1ccccc1)C=C(c1ccccc1)c1ccccc1. The average Bonchev–Trinajstić information content (AvgIpc) is 2.81. The van der Waals surface area contributed by atoms with Gasteiger partial charge in [-0.05, 0) is 47.0 Å². The molecule has 0 bridgehead atoms. The molecule has 140 valence electrons. The Labute approximate surface area is 172 Å². The molecular weight excluding hydrogens is 350 g/mol. The fraction of sp³-hybridized carbons (Fsp3) is 0. The van der Waals surface area contributed by atoms with E-state index in [0.29, 0.717) is 0 Å². The van der Waals surface area contributed by atoms with E-state index in [0.717, 1.165) is 11.4 Å². The van der Waals surface area contributed by atoms with E-state index in [2.05, 4.69) is 132 Å². The third-order valence-corrected chi connectivity index (χ3v) is 4.74. The zero-order valence-corrected chi connectivity index (χ0v) is 16.2. The molecule has 0 fully saturated rings. The molecule has 0 atom stereocenters. The maximum Gasteiger partial charge on any atom is 0.0455 e. The largest absolute Gasteiger partial charge is 0.317 e. The van der Waals surface area contributed by atoms with Crippen molar-refractivity contribution in [1.29, 1.82) is 0 Å². The molecule has 0 amide bonds. The van der Waals surface area contributed by atoms with E-state index >= 15 is 0 Å². The van der Waals surface area contributed by atoms with Gasteiger partial charge in [-0.15, -0.1) is 0 Å². The molecule has 0 heterocycles. The lowest BCUT2D eigenvalue weighted by atomic mass is 9.97.